The maximum absolute atomic E-state index is 5.96. The molecule has 1 saturated heterocycles. The first-order valence-electron chi connectivity index (χ1n) is 8.41. The van der Waals surface area contributed by atoms with Gasteiger partial charge in [-0.25, -0.2) is 9.97 Å². The monoisotopic (exact) mass is 326 g/mol. The van der Waals surface area contributed by atoms with Crippen molar-refractivity contribution in [2.24, 2.45) is 0 Å². The van der Waals surface area contributed by atoms with E-state index in [1.54, 1.807) is 6.33 Å². The summed E-state index contributed by atoms with van der Waals surface area (Å²) in [4.78, 5) is 13.2. The molecule has 0 unspecified atom stereocenters. The lowest BCUT2D eigenvalue weighted by Gasteiger charge is -2.26. The van der Waals surface area contributed by atoms with Gasteiger partial charge in [0.15, 0.2) is 0 Å². The van der Waals surface area contributed by atoms with Crippen molar-refractivity contribution in [3.05, 3.63) is 41.9 Å². The number of fused-ring (bicyclic) bond motifs is 1. The number of ether oxygens (including phenoxy) is 2. The molecule has 0 atom stereocenters. The quantitative estimate of drug-likeness (QED) is 0.857. The zero-order valence-electron chi connectivity index (χ0n) is 13.9. The zero-order chi connectivity index (χ0) is 16.4. The van der Waals surface area contributed by atoms with Gasteiger partial charge in [0.25, 0.3) is 0 Å². The van der Waals surface area contributed by atoms with Gasteiger partial charge in [0.1, 0.15) is 12.1 Å². The molecule has 0 bridgehead atoms. The van der Waals surface area contributed by atoms with E-state index in [1.165, 1.54) is 11.3 Å². The fourth-order valence-electron chi connectivity index (χ4n) is 3.24. The number of morpholine rings is 1. The van der Waals surface area contributed by atoms with Crippen LogP contribution in [0.5, 0.6) is 11.6 Å². The maximum atomic E-state index is 5.96. The van der Waals surface area contributed by atoms with Gasteiger partial charge in [-0.05, 0) is 30.2 Å². The molecule has 24 heavy (non-hydrogen) atoms. The highest BCUT2D eigenvalue weighted by atomic mass is 16.5. The summed E-state index contributed by atoms with van der Waals surface area (Å²) >= 11 is 0. The number of aromatic nitrogens is 2. The van der Waals surface area contributed by atoms with Crippen LogP contribution in [-0.4, -0.2) is 54.8 Å². The fraction of sp³-hybridized carbons (Fsp3) is 0.444. The van der Waals surface area contributed by atoms with Gasteiger partial charge in [0.05, 0.1) is 18.9 Å². The molecule has 4 rings (SSSR count). The van der Waals surface area contributed by atoms with Crippen molar-refractivity contribution in [1.82, 2.24) is 14.9 Å². The van der Waals surface area contributed by atoms with Crippen molar-refractivity contribution >= 4 is 5.69 Å². The summed E-state index contributed by atoms with van der Waals surface area (Å²) in [6, 6.07) is 8.16. The maximum Gasteiger partial charge on any atom is 0.222 e. The molecule has 0 amide bonds. The Bertz CT molecular complexity index is 716. The van der Waals surface area contributed by atoms with E-state index in [2.05, 4.69) is 38.9 Å². The Labute approximate surface area is 142 Å². The number of benzene rings is 1. The number of hydrogen-bond donors (Lipinski definition) is 0. The molecule has 2 aromatic rings. The molecule has 0 aliphatic carbocycles. The Morgan fingerprint density at radius 3 is 2.88 bits per heavy atom. The largest absolute Gasteiger partial charge is 0.439 e. The summed E-state index contributed by atoms with van der Waals surface area (Å²) in [5.41, 5.74) is 3.60. The molecule has 0 spiro atoms. The summed E-state index contributed by atoms with van der Waals surface area (Å²) in [6.07, 6.45) is 2.64. The summed E-state index contributed by atoms with van der Waals surface area (Å²) < 4.78 is 11.3. The second-order valence-corrected chi connectivity index (χ2v) is 6.30. The number of rotatable bonds is 4. The Morgan fingerprint density at radius 2 is 2.00 bits per heavy atom. The molecule has 126 valence electrons. The number of anilines is 1. The van der Waals surface area contributed by atoms with Crippen LogP contribution < -0.4 is 9.64 Å². The minimum atomic E-state index is 0.597. The van der Waals surface area contributed by atoms with Crippen molar-refractivity contribution < 1.29 is 9.47 Å². The lowest BCUT2D eigenvalue weighted by Crippen LogP contribution is -2.35. The van der Waals surface area contributed by atoms with Gasteiger partial charge in [0, 0.05) is 45.0 Å². The standard InChI is InChI=1S/C18H22N4O2/c1-21-5-4-14-10-16(2-3-17(14)21)24-18-11-15(19-13-20-18)12-22-6-8-23-9-7-22/h2-3,10-11,13H,4-9,12H2,1H3. The van der Waals surface area contributed by atoms with E-state index in [9.17, 15) is 0 Å². The molecule has 0 N–H and O–H groups in total. The number of likely N-dealkylation sites (N-methyl/N-ethyl adjacent to an activating group) is 1. The van der Waals surface area contributed by atoms with Crippen molar-refractivity contribution in [3.8, 4) is 11.6 Å². The fourth-order valence-corrected chi connectivity index (χ4v) is 3.24. The third-order valence-electron chi connectivity index (χ3n) is 4.59. The molecule has 0 radical (unpaired) electrons. The molecule has 3 heterocycles. The molecule has 1 aromatic heterocycles. The van der Waals surface area contributed by atoms with Crippen LogP contribution >= 0.6 is 0 Å². The smallest absolute Gasteiger partial charge is 0.222 e. The van der Waals surface area contributed by atoms with Crippen LogP contribution in [0.1, 0.15) is 11.3 Å². The highest BCUT2D eigenvalue weighted by molar-refractivity contribution is 5.59. The van der Waals surface area contributed by atoms with Crippen LogP contribution in [0.4, 0.5) is 5.69 Å². The van der Waals surface area contributed by atoms with Crippen LogP contribution in [0.2, 0.25) is 0 Å². The average molecular weight is 326 g/mol. The Hall–Kier alpha value is -2.18. The molecule has 6 heteroatoms. The molecule has 0 saturated carbocycles. The van der Waals surface area contributed by atoms with Gasteiger partial charge in [-0.3, -0.25) is 4.90 Å². The van der Waals surface area contributed by atoms with E-state index in [1.807, 2.05) is 12.1 Å². The van der Waals surface area contributed by atoms with Crippen LogP contribution in [0.3, 0.4) is 0 Å². The van der Waals surface area contributed by atoms with Gasteiger partial charge < -0.3 is 14.4 Å². The minimum absolute atomic E-state index is 0.597. The lowest BCUT2D eigenvalue weighted by molar-refractivity contribution is 0.0336. The number of hydrogen-bond acceptors (Lipinski definition) is 6. The van der Waals surface area contributed by atoms with Crippen molar-refractivity contribution in [1.29, 1.82) is 0 Å². The van der Waals surface area contributed by atoms with E-state index in [0.717, 1.165) is 57.3 Å². The topological polar surface area (TPSA) is 50.7 Å². The SMILES string of the molecule is CN1CCc2cc(Oc3cc(CN4CCOCC4)ncn3)ccc21. The first-order valence-corrected chi connectivity index (χ1v) is 8.41. The van der Waals surface area contributed by atoms with Gasteiger partial charge in [-0.1, -0.05) is 0 Å². The molecule has 1 aromatic carbocycles. The third-order valence-corrected chi connectivity index (χ3v) is 4.59. The second-order valence-electron chi connectivity index (χ2n) is 6.30. The van der Waals surface area contributed by atoms with Crippen LogP contribution in [0.25, 0.3) is 0 Å². The molecular weight excluding hydrogens is 304 g/mol. The van der Waals surface area contributed by atoms with Gasteiger partial charge in [-0.2, -0.15) is 0 Å². The molecule has 1 fully saturated rings. The lowest BCUT2D eigenvalue weighted by atomic mass is 10.1. The van der Waals surface area contributed by atoms with E-state index < -0.39 is 0 Å². The van der Waals surface area contributed by atoms with Gasteiger partial charge >= 0.3 is 0 Å². The highest BCUT2D eigenvalue weighted by Gasteiger charge is 2.16. The first kappa shape index (κ1) is 15.4. The average Bonchev–Trinajstić information content (AvgIpc) is 2.97. The van der Waals surface area contributed by atoms with Crippen LogP contribution in [-0.2, 0) is 17.7 Å². The first-order chi connectivity index (χ1) is 11.8. The van der Waals surface area contributed by atoms with Crippen LogP contribution in [0, 0.1) is 0 Å². The second kappa shape index (κ2) is 6.75. The van der Waals surface area contributed by atoms with Crippen LogP contribution in [0.15, 0.2) is 30.6 Å². The summed E-state index contributed by atoms with van der Waals surface area (Å²) in [5, 5.41) is 0. The van der Waals surface area contributed by atoms with Gasteiger partial charge in [-0.15, -0.1) is 0 Å². The summed E-state index contributed by atoms with van der Waals surface area (Å²) in [5.74, 6) is 1.43. The van der Waals surface area contributed by atoms with E-state index in [-0.39, 0.29) is 0 Å². The van der Waals surface area contributed by atoms with Gasteiger partial charge in [0.2, 0.25) is 5.88 Å². The molecular formula is C18H22N4O2. The van der Waals surface area contributed by atoms with Crippen molar-refractivity contribution in [2.45, 2.75) is 13.0 Å². The van der Waals surface area contributed by atoms with Crippen molar-refractivity contribution in [3.63, 3.8) is 0 Å². The normalized spacial score (nSPS) is 17.8. The predicted octanol–water partition coefficient (Wildman–Crippen LogP) is 2.09. The minimum Gasteiger partial charge on any atom is -0.439 e. The summed E-state index contributed by atoms with van der Waals surface area (Å²) in [7, 11) is 2.12. The van der Waals surface area contributed by atoms with Crippen molar-refractivity contribution in [2.75, 3.05) is 44.8 Å². The molecule has 2 aliphatic heterocycles. The van der Waals surface area contributed by atoms with E-state index >= 15 is 0 Å². The zero-order valence-corrected chi connectivity index (χ0v) is 13.9. The Morgan fingerprint density at radius 1 is 1.12 bits per heavy atom. The van der Waals surface area contributed by atoms with E-state index in [0.29, 0.717) is 5.88 Å². The molecule has 6 nitrogen and oxygen atoms in total. The van der Waals surface area contributed by atoms with E-state index in [4.69, 9.17) is 9.47 Å². The Kier molecular flexibility index (Phi) is 4.32. The Balaban J connectivity index is 1.46. The molecule has 2 aliphatic rings. The highest BCUT2D eigenvalue weighted by Crippen LogP contribution is 2.31. The summed E-state index contributed by atoms with van der Waals surface area (Å²) in [6.45, 7) is 5.33. The number of nitrogens with zero attached hydrogens (tertiary/aromatic N) is 4. The third kappa shape index (κ3) is 3.34. The predicted molar refractivity (Wildman–Crippen MR) is 91.6 cm³/mol.